The molecule has 22 heavy (non-hydrogen) atoms. The summed E-state index contributed by atoms with van der Waals surface area (Å²) < 4.78 is 21.2. The van der Waals surface area contributed by atoms with E-state index in [1.165, 1.54) is 0 Å². The molecule has 2 aliphatic heterocycles. The standard InChI is InChI=1S/C16H18O6/c17-13-19-11(15(21-13)7-1-2-8-15)5-6-12-16(9-3-4-10-16)22-14(18)20-12/h5-6H,1-4,7-10H2/b11-5-,12-6-. The number of rotatable bonds is 1. The van der Waals surface area contributed by atoms with Crippen molar-refractivity contribution in [1.82, 2.24) is 0 Å². The van der Waals surface area contributed by atoms with Gasteiger partial charge in [-0.3, -0.25) is 0 Å². The molecule has 118 valence electrons. The zero-order valence-electron chi connectivity index (χ0n) is 12.3. The van der Waals surface area contributed by atoms with Gasteiger partial charge in [-0.15, -0.1) is 0 Å². The summed E-state index contributed by atoms with van der Waals surface area (Å²) in [5, 5.41) is 0. The van der Waals surface area contributed by atoms with Gasteiger partial charge in [0, 0.05) is 0 Å². The highest BCUT2D eigenvalue weighted by atomic mass is 16.8. The van der Waals surface area contributed by atoms with Gasteiger partial charge in [0.2, 0.25) is 0 Å². The average molecular weight is 306 g/mol. The van der Waals surface area contributed by atoms with E-state index in [4.69, 9.17) is 18.9 Å². The lowest BCUT2D eigenvalue weighted by atomic mass is 9.97. The first kappa shape index (κ1) is 13.7. The van der Waals surface area contributed by atoms with Crippen molar-refractivity contribution in [2.24, 2.45) is 0 Å². The summed E-state index contributed by atoms with van der Waals surface area (Å²) in [5.41, 5.74) is -1.25. The van der Waals surface area contributed by atoms with Crippen LogP contribution in [0.1, 0.15) is 51.4 Å². The van der Waals surface area contributed by atoms with Gasteiger partial charge >= 0.3 is 12.3 Å². The molecule has 0 atom stereocenters. The fourth-order valence-corrected chi connectivity index (χ4v) is 3.94. The molecule has 6 heteroatoms. The van der Waals surface area contributed by atoms with Gasteiger partial charge in [-0.25, -0.2) is 9.59 Å². The minimum atomic E-state index is -0.651. The Hall–Kier alpha value is -1.98. The van der Waals surface area contributed by atoms with Crippen LogP contribution in [-0.2, 0) is 18.9 Å². The molecule has 2 heterocycles. The van der Waals surface area contributed by atoms with Crippen LogP contribution in [0.2, 0.25) is 0 Å². The summed E-state index contributed by atoms with van der Waals surface area (Å²) in [7, 11) is 0. The van der Waals surface area contributed by atoms with Crippen molar-refractivity contribution < 1.29 is 28.5 Å². The van der Waals surface area contributed by atoms with Gasteiger partial charge in [0.25, 0.3) is 0 Å². The fourth-order valence-electron chi connectivity index (χ4n) is 3.94. The second kappa shape index (κ2) is 4.76. The third-order valence-electron chi connectivity index (χ3n) is 5.05. The quantitative estimate of drug-likeness (QED) is 0.688. The van der Waals surface area contributed by atoms with E-state index in [0.717, 1.165) is 51.4 Å². The summed E-state index contributed by atoms with van der Waals surface area (Å²) in [4.78, 5) is 23.0. The molecular weight excluding hydrogens is 288 g/mol. The average Bonchev–Trinajstić information content (AvgIpc) is 3.22. The van der Waals surface area contributed by atoms with Gasteiger partial charge in [0.05, 0.1) is 0 Å². The second-order valence-electron chi connectivity index (χ2n) is 6.37. The van der Waals surface area contributed by atoms with Crippen LogP contribution in [0.25, 0.3) is 0 Å². The Morgan fingerprint density at radius 2 is 1.05 bits per heavy atom. The minimum absolute atomic E-state index is 0.513. The highest BCUT2D eigenvalue weighted by molar-refractivity contribution is 5.68. The Balaban J connectivity index is 1.64. The molecule has 4 fully saturated rings. The Labute approximate surface area is 128 Å². The molecule has 6 nitrogen and oxygen atoms in total. The molecular formula is C16H18O6. The summed E-state index contributed by atoms with van der Waals surface area (Å²) in [6.07, 6.45) is 9.22. The third kappa shape index (κ3) is 2.01. The van der Waals surface area contributed by atoms with E-state index in [2.05, 4.69) is 0 Å². The van der Waals surface area contributed by atoms with Crippen LogP contribution in [0.15, 0.2) is 23.7 Å². The number of cyclic esters (lactones) is 2. The third-order valence-corrected chi connectivity index (χ3v) is 5.05. The van der Waals surface area contributed by atoms with Gasteiger partial charge in [-0.1, -0.05) is 0 Å². The predicted molar refractivity (Wildman–Crippen MR) is 73.7 cm³/mol. The molecule has 0 amide bonds. The number of hydrogen-bond donors (Lipinski definition) is 0. The van der Waals surface area contributed by atoms with Crippen molar-refractivity contribution in [3.63, 3.8) is 0 Å². The van der Waals surface area contributed by atoms with E-state index < -0.39 is 23.5 Å². The van der Waals surface area contributed by atoms with Crippen LogP contribution in [0.3, 0.4) is 0 Å². The molecule has 0 aromatic heterocycles. The van der Waals surface area contributed by atoms with Crippen LogP contribution < -0.4 is 0 Å². The Kier molecular flexibility index (Phi) is 2.96. The molecule has 4 rings (SSSR count). The SMILES string of the molecule is O=C1O/C(=C\C=C2/OC(=O)OC23CCCC3)C2(CCCC2)O1. The maximum absolute atomic E-state index is 11.5. The van der Waals surface area contributed by atoms with E-state index >= 15 is 0 Å². The maximum atomic E-state index is 11.5. The molecule has 2 saturated heterocycles. The largest absolute Gasteiger partial charge is 0.514 e. The second-order valence-corrected chi connectivity index (χ2v) is 6.37. The highest BCUT2D eigenvalue weighted by Gasteiger charge is 2.51. The summed E-state index contributed by atoms with van der Waals surface area (Å²) in [5.74, 6) is 1.03. The molecule has 2 spiro atoms. The monoisotopic (exact) mass is 306 g/mol. The van der Waals surface area contributed by atoms with Gasteiger partial charge in [0.1, 0.15) is 0 Å². The van der Waals surface area contributed by atoms with E-state index in [1.807, 2.05) is 0 Å². The number of hydrogen-bond acceptors (Lipinski definition) is 6. The van der Waals surface area contributed by atoms with Crippen molar-refractivity contribution in [1.29, 1.82) is 0 Å². The van der Waals surface area contributed by atoms with Crippen molar-refractivity contribution in [3.8, 4) is 0 Å². The zero-order valence-corrected chi connectivity index (χ0v) is 12.3. The number of ether oxygens (including phenoxy) is 4. The molecule has 0 radical (unpaired) electrons. The van der Waals surface area contributed by atoms with E-state index in [-0.39, 0.29) is 0 Å². The van der Waals surface area contributed by atoms with Crippen LogP contribution in [0, 0.1) is 0 Å². The molecule has 4 aliphatic rings. The van der Waals surface area contributed by atoms with Crippen molar-refractivity contribution in [2.75, 3.05) is 0 Å². The molecule has 0 N–H and O–H groups in total. The molecule has 0 bridgehead atoms. The summed E-state index contributed by atoms with van der Waals surface area (Å²) >= 11 is 0. The van der Waals surface area contributed by atoms with Crippen molar-refractivity contribution >= 4 is 12.3 Å². The lowest BCUT2D eigenvalue weighted by molar-refractivity contribution is 0.0685. The van der Waals surface area contributed by atoms with Gasteiger partial charge < -0.3 is 18.9 Å². The molecule has 2 aliphatic carbocycles. The molecule has 0 aromatic rings. The van der Waals surface area contributed by atoms with Crippen molar-refractivity contribution in [3.05, 3.63) is 23.7 Å². The fraction of sp³-hybridized carbons (Fsp3) is 0.625. The Bertz CT molecular complexity index is 523. The first-order valence-corrected chi connectivity index (χ1v) is 7.87. The minimum Gasteiger partial charge on any atom is -0.419 e. The molecule has 0 aromatic carbocycles. The van der Waals surface area contributed by atoms with Crippen LogP contribution >= 0.6 is 0 Å². The Morgan fingerprint density at radius 1 is 0.682 bits per heavy atom. The first-order valence-electron chi connectivity index (χ1n) is 7.87. The Morgan fingerprint density at radius 3 is 1.41 bits per heavy atom. The zero-order chi connectivity index (χ0) is 15.2. The molecule has 0 unspecified atom stereocenters. The lowest BCUT2D eigenvalue weighted by Crippen LogP contribution is -2.26. The number of carbonyl (C=O) groups excluding carboxylic acids is 2. The molecule has 2 saturated carbocycles. The maximum Gasteiger partial charge on any atom is 0.514 e. The summed E-state index contributed by atoms with van der Waals surface area (Å²) in [6.45, 7) is 0. The summed E-state index contributed by atoms with van der Waals surface area (Å²) in [6, 6.07) is 0. The van der Waals surface area contributed by atoms with Gasteiger partial charge in [-0.2, -0.15) is 0 Å². The van der Waals surface area contributed by atoms with Crippen LogP contribution in [-0.4, -0.2) is 23.5 Å². The predicted octanol–water partition coefficient (Wildman–Crippen LogP) is 3.71. The van der Waals surface area contributed by atoms with E-state index in [1.54, 1.807) is 12.2 Å². The van der Waals surface area contributed by atoms with Gasteiger partial charge in [-0.05, 0) is 63.5 Å². The topological polar surface area (TPSA) is 71.1 Å². The first-order chi connectivity index (χ1) is 10.6. The van der Waals surface area contributed by atoms with Crippen LogP contribution in [0.5, 0.6) is 0 Å². The number of allylic oxidation sites excluding steroid dienone is 2. The normalized spacial score (nSPS) is 31.8. The van der Waals surface area contributed by atoms with E-state index in [9.17, 15) is 9.59 Å². The highest BCUT2D eigenvalue weighted by Crippen LogP contribution is 2.46. The van der Waals surface area contributed by atoms with Gasteiger partial charge in [0.15, 0.2) is 22.7 Å². The smallest absolute Gasteiger partial charge is 0.419 e. The lowest BCUT2D eigenvalue weighted by Gasteiger charge is -2.20. The number of carbonyl (C=O) groups is 2. The van der Waals surface area contributed by atoms with E-state index in [0.29, 0.717) is 11.5 Å². The van der Waals surface area contributed by atoms with Crippen molar-refractivity contribution in [2.45, 2.75) is 62.6 Å². The van der Waals surface area contributed by atoms with Crippen LogP contribution in [0.4, 0.5) is 9.59 Å².